The van der Waals surface area contributed by atoms with E-state index in [1.165, 1.54) is 14.2 Å². The lowest BCUT2D eigenvalue weighted by atomic mass is 9.90. The standard InChI is InChI=1S/C46H53FN8O8/c1-60-45(58)51-38(28-11-15-62-16-12-28)43(56)54-33-19-30(33)21-35(54)41-48-23-32(49-41)26-7-3-24(4-8-26)25-5-9-27(10-6-25)37-40(47)53-42(50-37)36-22-31-20-34(31)55(36)44(57)39(52-46(59)61-2)29-13-17-63-18-14-29/h3-10,23,28-31,33-36,38-39H,11-22H2,1-2H3,(H,48,49)(H,50,53)(H,51,58)(H,52,59)/t30-,31?,33-,34-,35+,36+,38+,39?/m1/s1. The molecule has 332 valence electrons. The number of alkyl carbamates (subject to hydrolysis) is 2. The number of aromatic amines is 2. The van der Waals surface area contributed by atoms with Gasteiger partial charge in [0.2, 0.25) is 17.8 Å². The fraction of sp³-hybridized carbons (Fsp3) is 0.522. The summed E-state index contributed by atoms with van der Waals surface area (Å²) >= 11 is 0. The van der Waals surface area contributed by atoms with E-state index in [0.29, 0.717) is 81.8 Å². The summed E-state index contributed by atoms with van der Waals surface area (Å²) in [6.45, 7) is 2.13. The van der Waals surface area contributed by atoms with Gasteiger partial charge in [-0.05, 0) is 91.7 Å². The van der Waals surface area contributed by atoms with Crippen LogP contribution in [0.25, 0.3) is 33.6 Å². The average Bonchev–Trinajstić information content (AvgIpc) is 3.97. The first-order chi connectivity index (χ1) is 30.7. The number of carbonyl (C=O) groups excluding carboxylic acids is 4. The number of imidazole rings is 2. The van der Waals surface area contributed by atoms with Crippen LogP contribution in [-0.2, 0) is 28.5 Å². The van der Waals surface area contributed by atoms with Crippen molar-refractivity contribution in [2.45, 2.75) is 87.6 Å². The Morgan fingerprint density at radius 3 is 1.62 bits per heavy atom. The number of methoxy groups -OCH3 is 2. The quantitative estimate of drug-likeness (QED) is 0.141. The number of ether oxygens (including phenoxy) is 4. The van der Waals surface area contributed by atoms with E-state index in [-0.39, 0.29) is 47.5 Å². The van der Waals surface area contributed by atoms with Gasteiger partial charge in [0.05, 0.1) is 38.2 Å². The van der Waals surface area contributed by atoms with Crippen LogP contribution in [0, 0.1) is 29.6 Å². The first-order valence-corrected chi connectivity index (χ1v) is 22.2. The molecule has 17 heteroatoms. The fourth-order valence-electron chi connectivity index (χ4n) is 10.6. The predicted molar refractivity (Wildman–Crippen MR) is 225 cm³/mol. The van der Waals surface area contributed by atoms with Crippen LogP contribution < -0.4 is 10.6 Å². The minimum Gasteiger partial charge on any atom is -0.453 e. The monoisotopic (exact) mass is 864 g/mol. The Morgan fingerprint density at radius 2 is 1.13 bits per heavy atom. The SMILES string of the molecule is COC(=O)NC(C(=O)N1[C@@H]2CC2C[C@H]1c1nc(-c2ccc(-c3ccc(-c4cnc([C@@H]5C[C@H]6C[C@H]6N5C(=O)[C@@H](NC(=O)OC)C5CCOCC5)[nH]4)cc3)cc2)c(F)[nH]1)C1CCOCC1. The van der Waals surface area contributed by atoms with Gasteiger partial charge in [-0.25, -0.2) is 19.6 Å². The van der Waals surface area contributed by atoms with Gasteiger partial charge in [-0.3, -0.25) is 9.59 Å². The summed E-state index contributed by atoms with van der Waals surface area (Å²) in [5.41, 5.74) is 4.46. The molecule has 63 heavy (non-hydrogen) atoms. The largest absolute Gasteiger partial charge is 0.453 e. The van der Waals surface area contributed by atoms with Crippen LogP contribution in [0.1, 0.15) is 75.1 Å². The third-order valence-electron chi connectivity index (χ3n) is 14.2. The molecule has 2 aliphatic carbocycles. The van der Waals surface area contributed by atoms with Crippen LogP contribution in [0.4, 0.5) is 14.0 Å². The highest BCUT2D eigenvalue weighted by atomic mass is 19.1. The average molecular weight is 865 g/mol. The van der Waals surface area contributed by atoms with Crippen molar-refractivity contribution in [3.8, 4) is 33.6 Å². The highest BCUT2D eigenvalue weighted by molar-refractivity contribution is 5.88. The summed E-state index contributed by atoms with van der Waals surface area (Å²) in [6.07, 6.45) is 6.48. The zero-order valence-corrected chi connectivity index (χ0v) is 35.4. The molecular formula is C46H53FN8O8. The molecule has 0 bridgehead atoms. The van der Waals surface area contributed by atoms with Crippen LogP contribution in [0.3, 0.4) is 0 Å². The molecule has 4 aliphatic heterocycles. The molecule has 6 heterocycles. The van der Waals surface area contributed by atoms with Gasteiger partial charge in [0, 0.05) is 44.1 Å². The van der Waals surface area contributed by atoms with Crippen molar-refractivity contribution in [1.29, 1.82) is 0 Å². The first-order valence-electron chi connectivity index (χ1n) is 22.2. The number of H-pyrrole nitrogens is 2. The Balaban J connectivity index is 0.817. The van der Waals surface area contributed by atoms with Gasteiger partial charge in [-0.15, -0.1) is 0 Å². The van der Waals surface area contributed by atoms with Crippen molar-refractivity contribution in [1.82, 2.24) is 40.4 Å². The number of hydrogen-bond acceptors (Lipinski definition) is 10. The molecule has 8 atom stereocenters. The Bertz CT molecular complexity index is 2340. The van der Waals surface area contributed by atoms with Gasteiger partial charge in [0.25, 0.3) is 0 Å². The second-order valence-corrected chi connectivity index (χ2v) is 17.9. The fourth-order valence-corrected chi connectivity index (χ4v) is 10.6. The summed E-state index contributed by atoms with van der Waals surface area (Å²) < 4.78 is 36.5. The lowest BCUT2D eigenvalue weighted by molar-refractivity contribution is -0.138. The van der Waals surface area contributed by atoms with Crippen molar-refractivity contribution < 1.29 is 42.5 Å². The molecule has 4 aromatic rings. The van der Waals surface area contributed by atoms with Gasteiger partial charge in [0.15, 0.2) is 0 Å². The van der Waals surface area contributed by atoms with Crippen molar-refractivity contribution in [3.63, 3.8) is 0 Å². The van der Waals surface area contributed by atoms with Gasteiger partial charge >= 0.3 is 12.2 Å². The second-order valence-electron chi connectivity index (χ2n) is 17.9. The van der Waals surface area contributed by atoms with E-state index in [1.807, 2.05) is 58.3 Å². The maximum absolute atomic E-state index is 15.7. The van der Waals surface area contributed by atoms with Crippen molar-refractivity contribution >= 4 is 24.0 Å². The number of amides is 4. The Morgan fingerprint density at radius 1 is 0.667 bits per heavy atom. The molecule has 6 aliphatic rings. The summed E-state index contributed by atoms with van der Waals surface area (Å²) in [5, 5.41) is 5.63. The van der Waals surface area contributed by atoms with Crippen LogP contribution in [0.15, 0.2) is 54.7 Å². The van der Waals surface area contributed by atoms with E-state index in [0.717, 1.165) is 47.5 Å². The van der Waals surface area contributed by atoms with Gasteiger partial charge < -0.3 is 49.3 Å². The van der Waals surface area contributed by atoms with Gasteiger partial charge in [0.1, 0.15) is 29.4 Å². The Kier molecular flexibility index (Phi) is 11.2. The van der Waals surface area contributed by atoms with E-state index >= 15 is 4.39 Å². The Labute approximate surface area is 364 Å². The number of hydrogen-bond donors (Lipinski definition) is 4. The lowest BCUT2D eigenvalue weighted by Gasteiger charge is -2.35. The van der Waals surface area contributed by atoms with Crippen LogP contribution in [0.2, 0.25) is 0 Å². The molecule has 4 amide bonds. The van der Waals surface area contributed by atoms with E-state index in [2.05, 4.69) is 20.6 Å². The molecule has 2 unspecified atom stereocenters. The molecule has 0 radical (unpaired) electrons. The zero-order valence-electron chi connectivity index (χ0n) is 35.4. The van der Waals surface area contributed by atoms with E-state index in [1.54, 1.807) is 6.20 Å². The molecule has 4 N–H and O–H groups in total. The maximum Gasteiger partial charge on any atom is 0.407 e. The summed E-state index contributed by atoms with van der Waals surface area (Å²) in [5.74, 6) is 0.842. The zero-order chi connectivity index (χ0) is 43.4. The number of benzene rings is 2. The third-order valence-corrected chi connectivity index (χ3v) is 14.2. The molecule has 0 spiro atoms. The molecule has 2 saturated carbocycles. The third kappa shape index (κ3) is 8.05. The molecule has 10 rings (SSSR count). The van der Waals surface area contributed by atoms with Crippen molar-refractivity contribution in [2.75, 3.05) is 40.6 Å². The predicted octanol–water partition coefficient (Wildman–Crippen LogP) is 5.90. The number of piperidine rings is 2. The summed E-state index contributed by atoms with van der Waals surface area (Å²) in [7, 11) is 2.59. The van der Waals surface area contributed by atoms with E-state index in [9.17, 15) is 19.2 Å². The number of halogens is 1. The van der Waals surface area contributed by atoms with Crippen LogP contribution >= 0.6 is 0 Å². The van der Waals surface area contributed by atoms with Gasteiger partial charge in [-0.1, -0.05) is 48.5 Å². The number of carbonyl (C=O) groups is 4. The number of aromatic nitrogens is 4. The van der Waals surface area contributed by atoms with Crippen molar-refractivity contribution in [3.05, 3.63) is 72.3 Å². The number of rotatable bonds is 11. The number of likely N-dealkylation sites (tertiary alicyclic amines) is 2. The second kappa shape index (κ2) is 17.1. The summed E-state index contributed by atoms with van der Waals surface area (Å²) in [4.78, 5) is 72.7. The number of fused-ring (bicyclic) bond motifs is 2. The van der Waals surface area contributed by atoms with Crippen LogP contribution in [-0.4, -0.2) is 119 Å². The molecule has 2 aromatic carbocycles. The first kappa shape index (κ1) is 41.2. The minimum atomic E-state index is -0.772. The normalized spacial score (nSPS) is 26.3. The van der Waals surface area contributed by atoms with Crippen LogP contribution in [0.5, 0.6) is 0 Å². The number of nitrogens with zero attached hydrogens (tertiary/aromatic N) is 4. The molecule has 16 nitrogen and oxygen atoms in total. The highest BCUT2D eigenvalue weighted by Gasteiger charge is 2.58. The molecule has 6 fully saturated rings. The maximum atomic E-state index is 15.7. The highest BCUT2D eigenvalue weighted by Crippen LogP contribution is 2.55. The molecule has 2 aromatic heterocycles. The van der Waals surface area contributed by atoms with Gasteiger partial charge in [-0.2, -0.15) is 4.39 Å². The molecule has 4 saturated heterocycles. The Hall–Kier alpha value is -5.81. The van der Waals surface area contributed by atoms with E-state index < -0.39 is 36.3 Å². The smallest absolute Gasteiger partial charge is 0.407 e. The minimum absolute atomic E-state index is 0.0271. The summed E-state index contributed by atoms with van der Waals surface area (Å²) in [6, 6.07) is 13.7. The molecular weight excluding hydrogens is 812 g/mol. The lowest BCUT2D eigenvalue weighted by Crippen LogP contribution is -2.54. The number of nitrogens with one attached hydrogen (secondary N) is 4. The van der Waals surface area contributed by atoms with Crippen molar-refractivity contribution in [2.24, 2.45) is 23.7 Å². The topological polar surface area (TPSA) is 193 Å². The van der Waals surface area contributed by atoms with E-state index in [4.69, 9.17) is 28.9 Å².